The smallest absolute Gasteiger partial charge is 0.264 e. The maximum absolute atomic E-state index is 14.3. The van der Waals surface area contributed by atoms with Gasteiger partial charge in [0.15, 0.2) is 0 Å². The zero-order chi connectivity index (χ0) is 31.5. The Hall–Kier alpha value is -3.50. The highest BCUT2D eigenvalue weighted by Gasteiger charge is 2.34. The lowest BCUT2D eigenvalue weighted by Gasteiger charge is -2.34. The number of ether oxygens (including phenoxy) is 1. The summed E-state index contributed by atoms with van der Waals surface area (Å²) in [6.07, 6.45) is 7.47. The van der Waals surface area contributed by atoms with E-state index in [1.54, 1.807) is 48.5 Å². The summed E-state index contributed by atoms with van der Waals surface area (Å²) in [7, 11) is -4.15. The average molecular weight is 638 g/mol. The van der Waals surface area contributed by atoms with Gasteiger partial charge in [0, 0.05) is 17.5 Å². The summed E-state index contributed by atoms with van der Waals surface area (Å²) in [5, 5.41) is 3.18. The Labute approximate surface area is 266 Å². The Kier molecular flexibility index (Phi) is 12.1. The molecule has 8 nitrogen and oxygen atoms in total. The fourth-order valence-corrected chi connectivity index (χ4v) is 7.35. The predicted molar refractivity (Wildman–Crippen MR) is 176 cm³/mol. The van der Waals surface area contributed by atoms with E-state index in [0.29, 0.717) is 24.5 Å². The molecule has 44 heavy (non-hydrogen) atoms. The number of amides is 2. The van der Waals surface area contributed by atoms with Crippen LogP contribution in [0.1, 0.15) is 57.9 Å². The fraction of sp³-hybridized carbons (Fsp3) is 0.412. The molecule has 3 aromatic carbocycles. The van der Waals surface area contributed by atoms with Gasteiger partial charge in [0.25, 0.3) is 10.0 Å². The van der Waals surface area contributed by atoms with E-state index in [1.807, 2.05) is 50.4 Å². The van der Waals surface area contributed by atoms with Gasteiger partial charge >= 0.3 is 0 Å². The lowest BCUT2D eigenvalue weighted by molar-refractivity contribution is -0.140. The van der Waals surface area contributed by atoms with E-state index >= 15 is 0 Å². The van der Waals surface area contributed by atoms with E-state index in [-0.39, 0.29) is 23.4 Å². The molecule has 1 saturated carbocycles. The SMILES string of the molecule is CCOc1ccc(N(CC(=O)N(Cc2ccccc2)[C@@H](CC)C(=O)NC2CCCCC2)S(=O)(=O)c2ccc(SC)cc2)cc1. The largest absolute Gasteiger partial charge is 0.494 e. The van der Waals surface area contributed by atoms with Crippen molar-refractivity contribution < 1.29 is 22.7 Å². The van der Waals surface area contributed by atoms with Gasteiger partial charge in [-0.05, 0) is 86.5 Å². The summed E-state index contributed by atoms with van der Waals surface area (Å²) >= 11 is 1.51. The molecule has 0 spiro atoms. The summed E-state index contributed by atoms with van der Waals surface area (Å²) in [4.78, 5) is 30.5. The van der Waals surface area contributed by atoms with Crippen LogP contribution in [0.25, 0.3) is 0 Å². The Morgan fingerprint density at radius 2 is 1.59 bits per heavy atom. The molecule has 0 radical (unpaired) electrons. The number of benzene rings is 3. The third-order valence-corrected chi connectivity index (χ3v) is 10.4. The van der Waals surface area contributed by atoms with Crippen molar-refractivity contribution in [1.29, 1.82) is 0 Å². The second kappa shape index (κ2) is 16.0. The van der Waals surface area contributed by atoms with Crippen LogP contribution in [0, 0.1) is 0 Å². The first-order chi connectivity index (χ1) is 21.3. The number of anilines is 1. The summed E-state index contributed by atoms with van der Waals surface area (Å²) in [6, 6.07) is 22.1. The third-order valence-electron chi connectivity index (χ3n) is 7.90. The van der Waals surface area contributed by atoms with Crippen LogP contribution in [-0.4, -0.2) is 56.6 Å². The zero-order valence-corrected chi connectivity index (χ0v) is 27.4. The Morgan fingerprint density at radius 1 is 0.932 bits per heavy atom. The molecule has 10 heteroatoms. The standard InChI is InChI=1S/C34H43N3O5S2/c1-4-32(34(39)35-27-14-10-7-11-15-27)36(24-26-12-8-6-9-13-26)33(38)25-37(28-16-18-29(19-17-28)42-5-2)44(40,41)31-22-20-30(43-3)21-23-31/h6,8-9,12-13,16-23,27,32H,4-5,7,10-11,14-15,24-25H2,1-3H3,(H,35,39)/t32-/m0/s1. The monoisotopic (exact) mass is 637 g/mol. The normalized spacial score (nSPS) is 14.4. The maximum Gasteiger partial charge on any atom is 0.264 e. The molecule has 236 valence electrons. The molecule has 0 aliphatic heterocycles. The first kappa shape index (κ1) is 33.4. The number of rotatable bonds is 14. The summed E-state index contributed by atoms with van der Waals surface area (Å²) in [5.41, 5.74) is 1.18. The summed E-state index contributed by atoms with van der Waals surface area (Å²) < 4.78 is 35.0. The minimum absolute atomic E-state index is 0.0775. The van der Waals surface area contributed by atoms with Crippen molar-refractivity contribution in [3.05, 3.63) is 84.4 Å². The van der Waals surface area contributed by atoms with Gasteiger partial charge in [-0.15, -0.1) is 11.8 Å². The van der Waals surface area contributed by atoms with Gasteiger partial charge < -0.3 is 15.0 Å². The Bertz CT molecular complexity index is 1460. The number of nitrogens with one attached hydrogen (secondary N) is 1. The van der Waals surface area contributed by atoms with E-state index < -0.39 is 28.5 Å². The van der Waals surface area contributed by atoms with Crippen LogP contribution in [0.4, 0.5) is 5.69 Å². The minimum atomic E-state index is -4.15. The lowest BCUT2D eigenvalue weighted by atomic mass is 9.95. The van der Waals surface area contributed by atoms with Gasteiger partial charge in [0.1, 0.15) is 18.3 Å². The molecule has 0 unspecified atom stereocenters. The maximum atomic E-state index is 14.3. The van der Waals surface area contributed by atoms with E-state index in [2.05, 4.69) is 5.32 Å². The van der Waals surface area contributed by atoms with Crippen molar-refractivity contribution in [2.45, 2.75) is 80.8 Å². The van der Waals surface area contributed by atoms with Gasteiger partial charge in [0.05, 0.1) is 17.2 Å². The molecule has 1 aliphatic carbocycles. The number of sulfonamides is 1. The van der Waals surface area contributed by atoms with E-state index in [4.69, 9.17) is 4.74 Å². The van der Waals surface area contributed by atoms with Gasteiger partial charge in [-0.3, -0.25) is 13.9 Å². The van der Waals surface area contributed by atoms with Crippen molar-refractivity contribution >= 4 is 39.3 Å². The van der Waals surface area contributed by atoms with Crippen molar-refractivity contribution in [3.8, 4) is 5.75 Å². The molecule has 1 atom stereocenters. The van der Waals surface area contributed by atoms with Crippen LogP contribution in [0.15, 0.2) is 88.7 Å². The van der Waals surface area contributed by atoms with Gasteiger partial charge in [0.2, 0.25) is 11.8 Å². The highest BCUT2D eigenvalue weighted by molar-refractivity contribution is 7.98. The molecule has 0 aromatic heterocycles. The Balaban J connectivity index is 1.69. The molecule has 1 N–H and O–H groups in total. The summed E-state index contributed by atoms with van der Waals surface area (Å²) in [6.45, 7) is 3.93. The van der Waals surface area contributed by atoms with Crippen molar-refractivity contribution in [3.63, 3.8) is 0 Å². The molecule has 2 amide bonds. The molecular weight excluding hydrogens is 595 g/mol. The molecular formula is C34H43N3O5S2. The number of hydrogen-bond donors (Lipinski definition) is 1. The van der Waals surface area contributed by atoms with Crippen LogP contribution >= 0.6 is 11.8 Å². The first-order valence-electron chi connectivity index (χ1n) is 15.3. The van der Waals surface area contributed by atoms with Crippen LogP contribution in [0.2, 0.25) is 0 Å². The Morgan fingerprint density at radius 3 is 2.18 bits per heavy atom. The van der Waals surface area contributed by atoms with Crippen LogP contribution < -0.4 is 14.4 Å². The van der Waals surface area contributed by atoms with E-state index in [1.165, 1.54) is 16.7 Å². The topological polar surface area (TPSA) is 96.0 Å². The molecule has 4 rings (SSSR count). The highest BCUT2D eigenvalue weighted by Crippen LogP contribution is 2.28. The van der Waals surface area contributed by atoms with Gasteiger partial charge in [-0.1, -0.05) is 56.5 Å². The number of carbonyl (C=O) groups excluding carboxylic acids is 2. The number of hydrogen-bond acceptors (Lipinski definition) is 6. The van der Waals surface area contributed by atoms with Crippen molar-refractivity contribution in [2.75, 3.05) is 23.7 Å². The number of thioether (sulfide) groups is 1. The van der Waals surface area contributed by atoms with Crippen LogP contribution in [0.3, 0.4) is 0 Å². The minimum Gasteiger partial charge on any atom is -0.494 e. The highest BCUT2D eigenvalue weighted by atomic mass is 32.2. The molecule has 1 fully saturated rings. The second-order valence-corrected chi connectivity index (χ2v) is 13.6. The van der Waals surface area contributed by atoms with Gasteiger partial charge in [-0.2, -0.15) is 0 Å². The lowest BCUT2D eigenvalue weighted by Crippen LogP contribution is -2.54. The quantitative estimate of drug-likeness (QED) is 0.210. The third kappa shape index (κ3) is 8.57. The molecule has 0 heterocycles. The number of nitrogens with zero attached hydrogens (tertiary/aromatic N) is 2. The van der Waals surface area contributed by atoms with E-state index in [9.17, 15) is 18.0 Å². The molecule has 1 aliphatic rings. The number of carbonyl (C=O) groups is 2. The van der Waals surface area contributed by atoms with Gasteiger partial charge in [-0.25, -0.2) is 8.42 Å². The van der Waals surface area contributed by atoms with Crippen LogP contribution in [0.5, 0.6) is 5.75 Å². The fourth-order valence-electron chi connectivity index (χ4n) is 5.52. The van der Waals surface area contributed by atoms with Crippen molar-refractivity contribution in [2.24, 2.45) is 0 Å². The first-order valence-corrected chi connectivity index (χ1v) is 18.0. The molecule has 0 bridgehead atoms. The summed E-state index contributed by atoms with van der Waals surface area (Å²) in [5.74, 6) is -0.0649. The zero-order valence-electron chi connectivity index (χ0n) is 25.8. The van der Waals surface area contributed by atoms with Crippen LogP contribution in [-0.2, 0) is 26.2 Å². The second-order valence-electron chi connectivity index (χ2n) is 10.9. The molecule has 3 aromatic rings. The van der Waals surface area contributed by atoms with E-state index in [0.717, 1.165) is 46.9 Å². The predicted octanol–water partition coefficient (Wildman–Crippen LogP) is 6.26. The average Bonchev–Trinajstić information content (AvgIpc) is 3.05. The van der Waals surface area contributed by atoms with Crippen molar-refractivity contribution in [1.82, 2.24) is 10.2 Å². The molecule has 0 saturated heterocycles.